The first-order chi connectivity index (χ1) is 10.6. The molecule has 0 aliphatic carbocycles. The minimum atomic E-state index is 0.00808. The Hall–Kier alpha value is -2.04. The molecule has 2 aromatic heterocycles. The van der Waals surface area contributed by atoms with Crippen LogP contribution in [0.1, 0.15) is 46.8 Å². The van der Waals surface area contributed by atoms with Gasteiger partial charge in [-0.25, -0.2) is 0 Å². The van der Waals surface area contributed by atoms with Crippen molar-refractivity contribution in [1.29, 1.82) is 0 Å². The lowest BCUT2D eigenvalue weighted by atomic mass is 10.0. The number of aromatic nitrogens is 2. The molecule has 0 spiro atoms. The van der Waals surface area contributed by atoms with Gasteiger partial charge in [-0.2, -0.15) is 5.10 Å². The van der Waals surface area contributed by atoms with E-state index >= 15 is 0 Å². The van der Waals surface area contributed by atoms with Crippen LogP contribution in [0.3, 0.4) is 0 Å². The number of hydrogen-bond donors (Lipinski definition) is 0. The zero-order chi connectivity index (χ0) is 15.7. The maximum Gasteiger partial charge on any atom is 0.290 e. The molecule has 1 fully saturated rings. The summed E-state index contributed by atoms with van der Waals surface area (Å²) in [5.41, 5.74) is 3.07. The van der Waals surface area contributed by atoms with Crippen LogP contribution in [0, 0.1) is 20.8 Å². The molecule has 5 nitrogen and oxygen atoms in total. The zero-order valence-electron chi connectivity index (χ0n) is 13.5. The van der Waals surface area contributed by atoms with Crippen LogP contribution >= 0.6 is 0 Å². The number of nitrogens with zero attached hydrogens (tertiary/aromatic N) is 3. The van der Waals surface area contributed by atoms with Crippen molar-refractivity contribution in [1.82, 2.24) is 14.7 Å². The lowest BCUT2D eigenvalue weighted by Crippen LogP contribution is -2.46. The van der Waals surface area contributed by atoms with Gasteiger partial charge >= 0.3 is 0 Å². The molecule has 1 unspecified atom stereocenters. The second-order valence-electron chi connectivity index (χ2n) is 6.19. The summed E-state index contributed by atoms with van der Waals surface area (Å²) in [6.45, 7) is 7.52. The molecule has 0 N–H and O–H groups in total. The average Bonchev–Trinajstić information content (AvgIpc) is 3.05. The molecule has 5 heteroatoms. The largest absolute Gasteiger partial charge is 0.459 e. The van der Waals surface area contributed by atoms with E-state index in [1.54, 1.807) is 6.26 Å². The molecule has 3 heterocycles. The number of likely N-dealkylation sites (tertiary alicyclic amines) is 1. The van der Waals surface area contributed by atoms with Gasteiger partial charge in [0.05, 0.1) is 24.5 Å². The Morgan fingerprint density at radius 3 is 2.82 bits per heavy atom. The summed E-state index contributed by atoms with van der Waals surface area (Å²) in [5.74, 6) is 0.481. The Balaban J connectivity index is 1.81. The summed E-state index contributed by atoms with van der Waals surface area (Å²) >= 11 is 0. The molecule has 0 bridgehead atoms. The first-order valence-corrected chi connectivity index (χ1v) is 7.92. The standard InChI is InChI=1S/C17H23N3O2/c1-12-7-9-22-16(12)17(21)19-8-5-4-6-15(19)11-20-14(3)10-13(2)18-20/h7,9-10,15H,4-6,8,11H2,1-3H3. The first-order valence-electron chi connectivity index (χ1n) is 7.92. The molecule has 0 aromatic carbocycles. The number of aryl methyl sites for hydroxylation is 3. The predicted molar refractivity (Wildman–Crippen MR) is 83.8 cm³/mol. The fraction of sp³-hybridized carbons (Fsp3) is 0.529. The van der Waals surface area contributed by atoms with Crippen molar-refractivity contribution >= 4 is 5.91 Å². The fourth-order valence-electron chi connectivity index (χ4n) is 3.24. The molecule has 1 amide bonds. The average molecular weight is 301 g/mol. The summed E-state index contributed by atoms with van der Waals surface area (Å²) in [5, 5.41) is 4.53. The highest BCUT2D eigenvalue weighted by atomic mass is 16.3. The van der Waals surface area contributed by atoms with Gasteiger partial charge < -0.3 is 9.32 Å². The highest BCUT2D eigenvalue weighted by molar-refractivity contribution is 5.93. The number of carbonyl (C=O) groups excluding carboxylic acids is 1. The third-order valence-electron chi connectivity index (χ3n) is 4.43. The van der Waals surface area contributed by atoms with Crippen molar-refractivity contribution in [2.75, 3.05) is 6.54 Å². The topological polar surface area (TPSA) is 51.3 Å². The van der Waals surface area contributed by atoms with Crippen LogP contribution in [0.15, 0.2) is 22.8 Å². The Morgan fingerprint density at radius 2 is 2.18 bits per heavy atom. The fourth-order valence-corrected chi connectivity index (χ4v) is 3.24. The highest BCUT2D eigenvalue weighted by Gasteiger charge is 2.30. The summed E-state index contributed by atoms with van der Waals surface area (Å²) < 4.78 is 7.41. The molecule has 1 aliphatic rings. The predicted octanol–water partition coefficient (Wildman–Crippen LogP) is 3.10. The number of amides is 1. The van der Waals surface area contributed by atoms with Gasteiger partial charge in [-0.3, -0.25) is 9.48 Å². The lowest BCUT2D eigenvalue weighted by Gasteiger charge is -2.35. The smallest absolute Gasteiger partial charge is 0.290 e. The van der Waals surface area contributed by atoms with Gasteiger partial charge in [0.2, 0.25) is 0 Å². The van der Waals surface area contributed by atoms with Gasteiger partial charge in [-0.15, -0.1) is 0 Å². The number of furan rings is 1. The van der Waals surface area contributed by atoms with E-state index in [-0.39, 0.29) is 11.9 Å². The normalized spacial score (nSPS) is 18.7. The summed E-state index contributed by atoms with van der Waals surface area (Å²) in [4.78, 5) is 14.7. The van der Waals surface area contributed by atoms with E-state index in [1.165, 1.54) is 0 Å². The molecule has 0 saturated carbocycles. The quantitative estimate of drug-likeness (QED) is 0.875. The van der Waals surface area contributed by atoms with Crippen LogP contribution in [-0.2, 0) is 6.54 Å². The van der Waals surface area contributed by atoms with Crippen LogP contribution in [0.2, 0.25) is 0 Å². The van der Waals surface area contributed by atoms with Gasteiger partial charge in [0.1, 0.15) is 0 Å². The number of piperidine rings is 1. The maximum atomic E-state index is 12.8. The van der Waals surface area contributed by atoms with Crippen molar-refractivity contribution in [3.8, 4) is 0 Å². The van der Waals surface area contributed by atoms with Crippen LogP contribution in [0.5, 0.6) is 0 Å². The molecular weight excluding hydrogens is 278 g/mol. The zero-order valence-corrected chi connectivity index (χ0v) is 13.5. The maximum absolute atomic E-state index is 12.8. The van der Waals surface area contributed by atoms with Gasteiger partial charge in [-0.05, 0) is 52.2 Å². The Bertz CT molecular complexity index is 671. The SMILES string of the molecule is Cc1cc(C)n(CC2CCCCN2C(=O)c2occc2C)n1. The van der Waals surface area contributed by atoms with E-state index in [0.717, 1.165) is 49.3 Å². The molecule has 1 saturated heterocycles. The van der Waals surface area contributed by atoms with Crippen molar-refractivity contribution < 1.29 is 9.21 Å². The van der Waals surface area contributed by atoms with Crippen LogP contribution < -0.4 is 0 Å². The van der Waals surface area contributed by atoms with Crippen molar-refractivity contribution in [3.63, 3.8) is 0 Å². The van der Waals surface area contributed by atoms with Crippen LogP contribution in [0.25, 0.3) is 0 Å². The van der Waals surface area contributed by atoms with Crippen LogP contribution in [0.4, 0.5) is 0 Å². The minimum absolute atomic E-state index is 0.00808. The van der Waals surface area contributed by atoms with E-state index < -0.39 is 0 Å². The van der Waals surface area contributed by atoms with Crippen LogP contribution in [-0.4, -0.2) is 33.2 Å². The third-order valence-corrected chi connectivity index (χ3v) is 4.43. The monoisotopic (exact) mass is 301 g/mol. The Kier molecular flexibility index (Phi) is 4.05. The molecular formula is C17H23N3O2. The summed E-state index contributed by atoms with van der Waals surface area (Å²) in [7, 11) is 0. The summed E-state index contributed by atoms with van der Waals surface area (Å²) in [6, 6.07) is 4.10. The van der Waals surface area contributed by atoms with Gasteiger partial charge in [0, 0.05) is 17.8 Å². The second-order valence-corrected chi connectivity index (χ2v) is 6.19. The molecule has 1 atom stereocenters. The van der Waals surface area contributed by atoms with E-state index in [9.17, 15) is 4.79 Å². The van der Waals surface area contributed by atoms with E-state index in [0.29, 0.717) is 5.76 Å². The van der Waals surface area contributed by atoms with Gasteiger partial charge in [-0.1, -0.05) is 0 Å². The molecule has 1 aliphatic heterocycles. The second kappa shape index (κ2) is 5.99. The van der Waals surface area contributed by atoms with Gasteiger partial charge in [0.15, 0.2) is 5.76 Å². The third kappa shape index (κ3) is 2.80. The Labute approximate surface area is 130 Å². The van der Waals surface area contributed by atoms with Crippen molar-refractivity contribution in [3.05, 3.63) is 41.1 Å². The molecule has 3 rings (SSSR count). The van der Waals surface area contributed by atoms with E-state index in [4.69, 9.17) is 4.42 Å². The van der Waals surface area contributed by atoms with Gasteiger partial charge in [0.25, 0.3) is 5.91 Å². The van der Waals surface area contributed by atoms with E-state index in [2.05, 4.69) is 18.1 Å². The van der Waals surface area contributed by atoms with Crippen molar-refractivity contribution in [2.45, 2.75) is 52.6 Å². The van der Waals surface area contributed by atoms with Crippen molar-refractivity contribution in [2.24, 2.45) is 0 Å². The molecule has 2 aromatic rings. The lowest BCUT2D eigenvalue weighted by molar-refractivity contribution is 0.0549. The van der Waals surface area contributed by atoms with E-state index in [1.807, 2.05) is 29.5 Å². The summed E-state index contributed by atoms with van der Waals surface area (Å²) in [6.07, 6.45) is 4.82. The number of carbonyl (C=O) groups is 1. The minimum Gasteiger partial charge on any atom is -0.459 e. The molecule has 22 heavy (non-hydrogen) atoms. The highest BCUT2D eigenvalue weighted by Crippen LogP contribution is 2.23. The molecule has 118 valence electrons. The first kappa shape index (κ1) is 14.9. The number of hydrogen-bond acceptors (Lipinski definition) is 3. The number of rotatable bonds is 3. The Morgan fingerprint density at radius 1 is 1.36 bits per heavy atom. The molecule has 0 radical (unpaired) electrons.